The molecule has 2 aliphatic heterocycles. The van der Waals surface area contributed by atoms with Gasteiger partial charge in [-0.3, -0.25) is 19.3 Å². The molecule has 3 aromatic carbocycles. The number of ether oxygens (including phenoxy) is 2. The zero-order valence-electron chi connectivity index (χ0n) is 26.6. The molecule has 2 heterocycles. The number of esters is 1. The summed E-state index contributed by atoms with van der Waals surface area (Å²) in [5.41, 5.74) is 1.54. The Morgan fingerprint density at radius 1 is 0.938 bits per heavy atom. The number of hydrogen-bond acceptors (Lipinski definition) is 8. The number of benzene rings is 3. The molecule has 5 rings (SSSR count). The van der Waals surface area contributed by atoms with Crippen LogP contribution in [0.15, 0.2) is 102 Å². The fourth-order valence-electron chi connectivity index (χ4n) is 5.32. The molecule has 0 aromatic heterocycles. The second-order valence-electron chi connectivity index (χ2n) is 12.1. The first kappa shape index (κ1) is 34.2. The first-order valence-electron chi connectivity index (χ1n) is 15.5. The van der Waals surface area contributed by atoms with E-state index in [2.05, 4.69) is 10.6 Å². The lowest BCUT2D eigenvalue weighted by atomic mass is 9.90. The third-order valence-corrected chi connectivity index (χ3v) is 9.51. The number of thioether (sulfide) groups is 1. The van der Waals surface area contributed by atoms with Crippen LogP contribution in [0.4, 0.5) is 4.79 Å². The summed E-state index contributed by atoms with van der Waals surface area (Å²) >= 11 is 1.34. The van der Waals surface area contributed by atoms with Crippen molar-refractivity contribution in [3.05, 3.63) is 119 Å². The zero-order valence-corrected chi connectivity index (χ0v) is 27.4. The maximum absolute atomic E-state index is 14.1. The highest BCUT2D eigenvalue weighted by Crippen LogP contribution is 2.41. The van der Waals surface area contributed by atoms with Gasteiger partial charge >= 0.3 is 18.0 Å². The predicted octanol–water partition coefficient (Wildman–Crippen LogP) is 4.44. The quantitative estimate of drug-likeness (QED) is 0.177. The smallest absolute Gasteiger partial charge is 0.407 e. The van der Waals surface area contributed by atoms with E-state index in [1.807, 2.05) is 91.0 Å². The summed E-state index contributed by atoms with van der Waals surface area (Å²) in [6.45, 7) is 2.86. The van der Waals surface area contributed by atoms with Gasteiger partial charge in [-0.05, 0) is 37.0 Å². The number of alkyl carbamates (subject to hydrolysis) is 1. The lowest BCUT2D eigenvalue weighted by Gasteiger charge is -2.49. The van der Waals surface area contributed by atoms with Gasteiger partial charge in [-0.2, -0.15) is 0 Å². The summed E-state index contributed by atoms with van der Waals surface area (Å²) in [6, 6.07) is 26.7. The molecular formula is C36H37N3O8S. The van der Waals surface area contributed by atoms with Crippen LogP contribution < -0.4 is 10.6 Å². The zero-order chi connectivity index (χ0) is 34.3. The van der Waals surface area contributed by atoms with Gasteiger partial charge in [-0.1, -0.05) is 91.0 Å². The topological polar surface area (TPSA) is 151 Å². The number of nitrogens with one attached hydrogen (secondary N) is 2. The van der Waals surface area contributed by atoms with Gasteiger partial charge in [0.15, 0.2) is 6.10 Å². The highest BCUT2D eigenvalue weighted by atomic mass is 32.2. The van der Waals surface area contributed by atoms with Gasteiger partial charge in [-0.15, -0.1) is 11.8 Å². The first-order valence-corrected chi connectivity index (χ1v) is 16.5. The summed E-state index contributed by atoms with van der Waals surface area (Å²) in [5.74, 6) is -2.34. The van der Waals surface area contributed by atoms with Crippen molar-refractivity contribution in [2.24, 2.45) is 5.41 Å². The van der Waals surface area contributed by atoms with Gasteiger partial charge in [0.1, 0.15) is 23.7 Å². The van der Waals surface area contributed by atoms with Crippen LogP contribution in [-0.2, 0) is 35.1 Å². The molecule has 2 atom stereocenters. The van der Waals surface area contributed by atoms with E-state index in [9.17, 15) is 29.1 Å². The minimum Gasteiger partial charge on any atom is -0.481 e. The van der Waals surface area contributed by atoms with Crippen LogP contribution in [0.1, 0.15) is 43.1 Å². The van der Waals surface area contributed by atoms with E-state index in [0.717, 1.165) is 16.7 Å². The number of amides is 3. The summed E-state index contributed by atoms with van der Waals surface area (Å²) in [4.78, 5) is 65.8. The summed E-state index contributed by atoms with van der Waals surface area (Å²) in [5, 5.41) is 14.1. The van der Waals surface area contributed by atoms with Crippen molar-refractivity contribution in [2.75, 3.05) is 18.9 Å². The molecule has 250 valence electrons. The highest BCUT2D eigenvalue weighted by molar-refractivity contribution is 8.00. The van der Waals surface area contributed by atoms with Crippen molar-refractivity contribution in [2.45, 2.75) is 44.2 Å². The maximum Gasteiger partial charge on any atom is 0.407 e. The fraction of sp³-hybridized carbons (Fsp3) is 0.306. The van der Waals surface area contributed by atoms with E-state index in [0.29, 0.717) is 5.57 Å². The fourth-order valence-corrected chi connectivity index (χ4v) is 6.65. The number of hydrogen-bond donors (Lipinski definition) is 3. The molecule has 0 aliphatic carbocycles. The number of rotatable bonds is 13. The summed E-state index contributed by atoms with van der Waals surface area (Å²) in [7, 11) is 0. The van der Waals surface area contributed by atoms with Crippen molar-refractivity contribution >= 4 is 41.6 Å². The van der Waals surface area contributed by atoms with E-state index < -0.39 is 46.9 Å². The van der Waals surface area contributed by atoms with Gasteiger partial charge in [0, 0.05) is 17.9 Å². The Bertz CT molecular complexity index is 1640. The molecule has 1 fully saturated rings. The van der Waals surface area contributed by atoms with Crippen molar-refractivity contribution in [1.29, 1.82) is 0 Å². The van der Waals surface area contributed by atoms with Gasteiger partial charge in [0.25, 0.3) is 5.91 Å². The maximum atomic E-state index is 14.1. The molecule has 3 N–H and O–H groups in total. The lowest BCUT2D eigenvalue weighted by Crippen LogP contribution is -2.70. The normalized spacial score (nSPS) is 17.2. The Hall–Kier alpha value is -5.10. The molecule has 0 radical (unpaired) electrons. The third kappa shape index (κ3) is 8.06. The second kappa shape index (κ2) is 15.2. The number of fused-ring (bicyclic) bond motifs is 1. The van der Waals surface area contributed by atoms with Crippen LogP contribution in [0.3, 0.4) is 0 Å². The number of aliphatic carboxylic acids is 1. The number of carboxylic acids is 1. The van der Waals surface area contributed by atoms with Crippen LogP contribution in [-0.4, -0.2) is 70.2 Å². The summed E-state index contributed by atoms with van der Waals surface area (Å²) in [6.07, 6.45) is -1.31. The number of carbonyl (C=O) groups is 5. The molecule has 3 aromatic rings. The average molecular weight is 672 g/mol. The number of β-lactam (4-membered cyclic amide) rings is 1. The average Bonchev–Trinajstić information content (AvgIpc) is 3.09. The van der Waals surface area contributed by atoms with Crippen LogP contribution >= 0.6 is 11.8 Å². The monoisotopic (exact) mass is 671 g/mol. The minimum absolute atomic E-state index is 0.0334. The van der Waals surface area contributed by atoms with E-state index in [-0.39, 0.29) is 43.4 Å². The highest BCUT2D eigenvalue weighted by Gasteiger charge is 2.54. The Balaban J connectivity index is 1.35. The summed E-state index contributed by atoms with van der Waals surface area (Å²) < 4.78 is 11.5. The Kier molecular flexibility index (Phi) is 10.8. The largest absolute Gasteiger partial charge is 0.481 e. The molecule has 48 heavy (non-hydrogen) atoms. The number of nitrogens with zero attached hydrogens (tertiary/aromatic N) is 1. The van der Waals surface area contributed by atoms with Gasteiger partial charge < -0.3 is 25.2 Å². The molecule has 3 amide bonds. The molecule has 1 saturated heterocycles. The third-order valence-electron chi connectivity index (χ3n) is 8.17. The lowest BCUT2D eigenvalue weighted by molar-refractivity contribution is -0.154. The minimum atomic E-state index is -1.04. The standard InChI is InChI=1S/C36H37N3O8S/c1-36(2,34(43)44)18-19-37-35(45)46-21-26-22-48-32-28(38-27(40)20-23-12-6-3-7-13-23)31(41)39(32)29(26)33(42)47-30(24-14-8-4-9-15-24)25-16-10-5-11-17-25/h3-17,28,30,32H,18-22H2,1-2H3,(H,37,45)(H,38,40)(H,43,44)/t28-,32-/m1/s1. The second-order valence-corrected chi connectivity index (χ2v) is 13.2. The van der Waals surface area contributed by atoms with Crippen LogP contribution in [0.5, 0.6) is 0 Å². The van der Waals surface area contributed by atoms with Gasteiger partial charge in [0.05, 0.1) is 11.8 Å². The van der Waals surface area contributed by atoms with Gasteiger partial charge in [-0.25, -0.2) is 9.59 Å². The van der Waals surface area contributed by atoms with Crippen molar-refractivity contribution in [3.63, 3.8) is 0 Å². The first-order chi connectivity index (χ1) is 23.0. The molecule has 0 bridgehead atoms. The van der Waals surface area contributed by atoms with E-state index in [4.69, 9.17) is 9.47 Å². The number of carboxylic acid groups (broad SMARTS) is 1. The molecule has 0 saturated carbocycles. The van der Waals surface area contributed by atoms with Crippen molar-refractivity contribution in [3.8, 4) is 0 Å². The molecule has 0 spiro atoms. The predicted molar refractivity (Wildman–Crippen MR) is 178 cm³/mol. The van der Waals surface area contributed by atoms with Crippen molar-refractivity contribution < 1.29 is 38.6 Å². The van der Waals surface area contributed by atoms with Gasteiger partial charge in [0.2, 0.25) is 5.91 Å². The Labute approximate surface area is 282 Å². The molecule has 11 nitrogen and oxygen atoms in total. The van der Waals surface area contributed by atoms with Crippen LogP contribution in [0.2, 0.25) is 0 Å². The number of carbonyl (C=O) groups excluding carboxylic acids is 4. The molecule has 0 unspecified atom stereocenters. The molecular weight excluding hydrogens is 634 g/mol. The van der Waals surface area contributed by atoms with Crippen LogP contribution in [0, 0.1) is 5.41 Å². The van der Waals surface area contributed by atoms with E-state index >= 15 is 0 Å². The molecule has 12 heteroatoms. The molecule has 2 aliphatic rings. The van der Waals surface area contributed by atoms with E-state index in [1.165, 1.54) is 16.7 Å². The Morgan fingerprint density at radius 2 is 1.52 bits per heavy atom. The van der Waals surface area contributed by atoms with E-state index in [1.54, 1.807) is 13.8 Å². The van der Waals surface area contributed by atoms with Crippen molar-refractivity contribution in [1.82, 2.24) is 15.5 Å². The SMILES string of the molecule is CC(C)(CCNC(=O)OCC1=C(C(=O)OC(c2ccccc2)c2ccccc2)N2C(=O)[C@@H](NC(=O)Cc3ccccc3)[C@H]2SC1)C(=O)O. The Morgan fingerprint density at radius 3 is 2.10 bits per heavy atom. The van der Waals surface area contributed by atoms with Crippen LogP contribution in [0.25, 0.3) is 0 Å².